The van der Waals surface area contributed by atoms with E-state index in [1.807, 2.05) is 4.90 Å². The minimum atomic E-state index is -0.651. The lowest BCUT2D eigenvalue weighted by molar-refractivity contribution is -0.384. The van der Waals surface area contributed by atoms with E-state index in [0.29, 0.717) is 13.1 Å². The molecule has 1 aliphatic rings. The van der Waals surface area contributed by atoms with E-state index in [4.69, 9.17) is 0 Å². The SMILES string of the molecule is COC(=O)c1cnc(N2CCC(n3cncn3)CC2)c([N+](=O)[O-])c1. The van der Waals surface area contributed by atoms with Crippen LogP contribution in [0.5, 0.6) is 0 Å². The second-order valence-electron chi connectivity index (χ2n) is 5.41. The number of nitrogens with zero attached hydrogens (tertiary/aromatic N) is 6. The molecule has 24 heavy (non-hydrogen) atoms. The number of piperidine rings is 1. The highest BCUT2D eigenvalue weighted by Crippen LogP contribution is 2.31. The summed E-state index contributed by atoms with van der Waals surface area (Å²) in [6.45, 7) is 1.21. The Hall–Kier alpha value is -3.04. The highest BCUT2D eigenvalue weighted by Gasteiger charge is 2.28. The molecular formula is C14H16N6O4. The number of pyridine rings is 1. The first-order valence-corrected chi connectivity index (χ1v) is 7.42. The predicted octanol–water partition coefficient (Wildman–Crippen LogP) is 1.21. The minimum absolute atomic E-state index is 0.0606. The van der Waals surface area contributed by atoms with Crippen LogP contribution in [-0.2, 0) is 4.74 Å². The van der Waals surface area contributed by atoms with E-state index >= 15 is 0 Å². The van der Waals surface area contributed by atoms with Crippen molar-refractivity contribution in [2.24, 2.45) is 0 Å². The fourth-order valence-corrected chi connectivity index (χ4v) is 2.80. The molecule has 3 rings (SSSR count). The van der Waals surface area contributed by atoms with Gasteiger partial charge in [-0.25, -0.2) is 19.4 Å². The Balaban J connectivity index is 1.79. The molecule has 0 spiro atoms. The lowest BCUT2D eigenvalue weighted by Crippen LogP contribution is -2.35. The number of methoxy groups -OCH3 is 1. The van der Waals surface area contributed by atoms with Gasteiger partial charge in [-0.15, -0.1) is 0 Å². The van der Waals surface area contributed by atoms with Gasteiger partial charge in [-0.1, -0.05) is 0 Å². The normalized spacial score (nSPS) is 15.3. The Labute approximate surface area is 137 Å². The van der Waals surface area contributed by atoms with Crippen LogP contribution in [0.3, 0.4) is 0 Å². The van der Waals surface area contributed by atoms with Crippen molar-refractivity contribution < 1.29 is 14.5 Å². The van der Waals surface area contributed by atoms with Gasteiger partial charge < -0.3 is 9.64 Å². The van der Waals surface area contributed by atoms with Crippen molar-refractivity contribution in [3.63, 3.8) is 0 Å². The quantitative estimate of drug-likeness (QED) is 0.466. The number of esters is 1. The highest BCUT2D eigenvalue weighted by atomic mass is 16.6. The molecule has 0 atom stereocenters. The number of carbonyl (C=O) groups excluding carboxylic acids is 1. The van der Waals surface area contributed by atoms with E-state index in [9.17, 15) is 14.9 Å². The van der Waals surface area contributed by atoms with Gasteiger partial charge in [0.05, 0.1) is 23.6 Å². The van der Waals surface area contributed by atoms with Crippen LogP contribution in [0.1, 0.15) is 29.2 Å². The third-order valence-electron chi connectivity index (χ3n) is 4.04. The molecule has 0 radical (unpaired) electrons. The monoisotopic (exact) mass is 332 g/mol. The molecule has 1 saturated heterocycles. The van der Waals surface area contributed by atoms with E-state index in [2.05, 4.69) is 19.8 Å². The van der Waals surface area contributed by atoms with Crippen LogP contribution < -0.4 is 4.90 Å². The van der Waals surface area contributed by atoms with Crippen molar-refractivity contribution in [2.45, 2.75) is 18.9 Å². The van der Waals surface area contributed by atoms with Crippen molar-refractivity contribution in [3.8, 4) is 0 Å². The lowest BCUT2D eigenvalue weighted by atomic mass is 10.1. The number of ether oxygens (including phenoxy) is 1. The second-order valence-corrected chi connectivity index (χ2v) is 5.41. The third-order valence-corrected chi connectivity index (χ3v) is 4.04. The van der Waals surface area contributed by atoms with E-state index in [0.717, 1.165) is 12.8 Å². The van der Waals surface area contributed by atoms with Gasteiger partial charge in [-0.3, -0.25) is 10.1 Å². The number of nitro groups is 1. The Morgan fingerprint density at radius 1 is 1.42 bits per heavy atom. The molecule has 0 saturated carbocycles. The Morgan fingerprint density at radius 2 is 2.17 bits per heavy atom. The summed E-state index contributed by atoms with van der Waals surface area (Å²) in [6, 6.07) is 1.43. The molecule has 0 N–H and O–H groups in total. The van der Waals surface area contributed by atoms with Gasteiger partial charge in [0.1, 0.15) is 12.7 Å². The third kappa shape index (κ3) is 3.03. The molecule has 2 aromatic rings. The fourth-order valence-electron chi connectivity index (χ4n) is 2.80. The van der Waals surface area contributed by atoms with Crippen LogP contribution in [0.15, 0.2) is 24.9 Å². The molecule has 0 unspecified atom stereocenters. The van der Waals surface area contributed by atoms with Gasteiger partial charge in [-0.05, 0) is 12.8 Å². The average Bonchev–Trinajstić information content (AvgIpc) is 3.15. The summed E-state index contributed by atoms with van der Waals surface area (Å²) in [4.78, 5) is 32.3. The molecule has 1 aliphatic heterocycles. The largest absolute Gasteiger partial charge is 0.465 e. The zero-order valence-electron chi connectivity index (χ0n) is 13.0. The average molecular weight is 332 g/mol. The summed E-state index contributed by atoms with van der Waals surface area (Å²) in [6.07, 6.45) is 6.02. The number of hydrogen-bond donors (Lipinski definition) is 0. The molecule has 1 fully saturated rings. The topological polar surface area (TPSA) is 116 Å². The van der Waals surface area contributed by atoms with Gasteiger partial charge in [0, 0.05) is 25.4 Å². The van der Waals surface area contributed by atoms with Crippen LogP contribution in [0.4, 0.5) is 11.5 Å². The standard InChI is InChI=1S/C14H16N6O4/c1-24-14(21)10-6-12(20(22)23)13(16-7-10)18-4-2-11(3-5-18)19-9-15-8-17-19/h6-9,11H,2-5H2,1H3. The zero-order valence-corrected chi connectivity index (χ0v) is 13.0. The Kier molecular flexibility index (Phi) is 4.36. The molecule has 0 aliphatic carbocycles. The van der Waals surface area contributed by atoms with Crippen molar-refractivity contribution in [1.29, 1.82) is 0 Å². The molecule has 0 bridgehead atoms. The van der Waals surface area contributed by atoms with E-state index in [-0.39, 0.29) is 23.1 Å². The minimum Gasteiger partial charge on any atom is -0.465 e. The van der Waals surface area contributed by atoms with Crippen LogP contribution in [0.25, 0.3) is 0 Å². The van der Waals surface area contributed by atoms with Crippen molar-refractivity contribution in [3.05, 3.63) is 40.6 Å². The molecule has 0 aromatic carbocycles. The van der Waals surface area contributed by atoms with Crippen LogP contribution in [-0.4, -0.2) is 50.8 Å². The molecule has 10 nitrogen and oxygen atoms in total. The van der Waals surface area contributed by atoms with Crippen LogP contribution >= 0.6 is 0 Å². The number of hydrogen-bond acceptors (Lipinski definition) is 8. The Morgan fingerprint density at radius 3 is 2.75 bits per heavy atom. The van der Waals surface area contributed by atoms with Crippen molar-refractivity contribution in [1.82, 2.24) is 19.7 Å². The van der Waals surface area contributed by atoms with E-state index in [1.165, 1.54) is 25.7 Å². The number of rotatable bonds is 4. The molecule has 3 heterocycles. The van der Waals surface area contributed by atoms with Gasteiger partial charge in [0.15, 0.2) is 0 Å². The first-order chi connectivity index (χ1) is 11.6. The van der Waals surface area contributed by atoms with Crippen molar-refractivity contribution in [2.75, 3.05) is 25.1 Å². The van der Waals surface area contributed by atoms with E-state index < -0.39 is 10.9 Å². The number of anilines is 1. The summed E-state index contributed by atoms with van der Waals surface area (Å²) in [5.41, 5.74) is -0.137. The van der Waals surface area contributed by atoms with Gasteiger partial charge in [-0.2, -0.15) is 5.10 Å². The molecule has 10 heteroatoms. The first-order valence-electron chi connectivity index (χ1n) is 7.42. The van der Waals surface area contributed by atoms with Gasteiger partial charge in [0.25, 0.3) is 0 Å². The summed E-state index contributed by atoms with van der Waals surface area (Å²) in [5.74, 6) is -0.383. The molecule has 2 aromatic heterocycles. The summed E-state index contributed by atoms with van der Waals surface area (Å²) in [5, 5.41) is 15.5. The number of carbonyl (C=O) groups is 1. The van der Waals surface area contributed by atoms with E-state index in [1.54, 1.807) is 11.0 Å². The fraction of sp³-hybridized carbons (Fsp3) is 0.429. The van der Waals surface area contributed by atoms with Crippen molar-refractivity contribution >= 4 is 17.5 Å². The maximum Gasteiger partial charge on any atom is 0.339 e. The number of aromatic nitrogens is 4. The zero-order chi connectivity index (χ0) is 17.1. The van der Waals surface area contributed by atoms with Gasteiger partial charge in [0.2, 0.25) is 5.82 Å². The maximum absolute atomic E-state index is 11.5. The molecular weight excluding hydrogens is 316 g/mol. The smallest absolute Gasteiger partial charge is 0.339 e. The van der Waals surface area contributed by atoms with Crippen LogP contribution in [0, 0.1) is 10.1 Å². The molecule has 0 amide bonds. The second kappa shape index (κ2) is 6.60. The summed E-state index contributed by atoms with van der Waals surface area (Å²) in [7, 11) is 1.22. The lowest BCUT2D eigenvalue weighted by Gasteiger charge is -2.32. The summed E-state index contributed by atoms with van der Waals surface area (Å²) < 4.78 is 6.39. The Bertz CT molecular complexity index is 740. The molecule has 126 valence electrons. The summed E-state index contributed by atoms with van der Waals surface area (Å²) >= 11 is 0. The van der Waals surface area contributed by atoms with Gasteiger partial charge >= 0.3 is 11.7 Å². The van der Waals surface area contributed by atoms with Crippen LogP contribution in [0.2, 0.25) is 0 Å². The first kappa shape index (κ1) is 15.8. The predicted molar refractivity (Wildman–Crippen MR) is 82.7 cm³/mol. The highest BCUT2D eigenvalue weighted by molar-refractivity contribution is 5.90. The maximum atomic E-state index is 11.5.